The second-order valence-electron chi connectivity index (χ2n) is 4.96. The molecule has 1 unspecified atom stereocenters. The van der Waals surface area contributed by atoms with Gasteiger partial charge in [0.15, 0.2) is 0 Å². The summed E-state index contributed by atoms with van der Waals surface area (Å²) in [6.07, 6.45) is 9.44. The first-order chi connectivity index (χ1) is 8.33. The van der Waals surface area contributed by atoms with Crippen molar-refractivity contribution in [1.29, 1.82) is 0 Å². The second kappa shape index (κ2) is 6.22. The van der Waals surface area contributed by atoms with E-state index in [9.17, 15) is 0 Å². The number of aromatic nitrogens is 1. The van der Waals surface area contributed by atoms with Gasteiger partial charge in [0.1, 0.15) is 0 Å². The van der Waals surface area contributed by atoms with Crippen molar-refractivity contribution < 1.29 is 4.74 Å². The fourth-order valence-corrected chi connectivity index (χ4v) is 2.71. The largest absolute Gasteiger partial charge is 0.385 e. The van der Waals surface area contributed by atoms with Crippen LogP contribution in [0.5, 0.6) is 0 Å². The highest BCUT2D eigenvalue weighted by molar-refractivity contribution is 5.28. The number of nitrogens with zero attached hydrogens (tertiary/aromatic N) is 1. The molecule has 2 rings (SSSR count). The first-order valence-corrected chi connectivity index (χ1v) is 6.75. The lowest BCUT2D eigenvalue weighted by atomic mass is 9.93. The highest BCUT2D eigenvalue weighted by Gasteiger charge is 2.19. The summed E-state index contributed by atoms with van der Waals surface area (Å²) in [6, 6.07) is 2.49. The first-order valence-electron chi connectivity index (χ1n) is 6.75. The summed E-state index contributed by atoms with van der Waals surface area (Å²) in [5.74, 6) is 0. The summed E-state index contributed by atoms with van der Waals surface area (Å²) in [6.45, 7) is 2.01. The van der Waals surface area contributed by atoms with Crippen LogP contribution in [0, 0.1) is 0 Å². The van der Waals surface area contributed by atoms with Gasteiger partial charge >= 0.3 is 0 Å². The lowest BCUT2D eigenvalue weighted by Crippen LogP contribution is -2.18. The molecule has 3 heteroatoms. The molecule has 3 nitrogen and oxygen atoms in total. The molecule has 0 aromatic carbocycles. The van der Waals surface area contributed by atoms with Crippen LogP contribution in [-0.2, 0) is 17.7 Å². The van der Waals surface area contributed by atoms with Crippen LogP contribution in [0.2, 0.25) is 0 Å². The minimum Gasteiger partial charge on any atom is -0.385 e. The van der Waals surface area contributed by atoms with E-state index < -0.39 is 0 Å². The number of ether oxygens (including phenoxy) is 1. The van der Waals surface area contributed by atoms with Crippen molar-refractivity contribution in [3.63, 3.8) is 0 Å². The molecule has 0 fully saturated rings. The number of aryl methyl sites for hydroxylation is 1. The molecule has 0 spiro atoms. The molecule has 17 heavy (non-hydrogen) atoms. The Labute approximate surface area is 104 Å². The van der Waals surface area contributed by atoms with E-state index in [0.29, 0.717) is 0 Å². The molecule has 1 atom stereocenters. The third-order valence-electron chi connectivity index (χ3n) is 3.69. The average molecular weight is 236 g/mol. The molecular formula is C14H24N2O. The normalized spacial score (nSPS) is 19.3. The summed E-state index contributed by atoms with van der Waals surface area (Å²) in [4.78, 5) is 0. The van der Waals surface area contributed by atoms with Gasteiger partial charge in [-0.2, -0.15) is 0 Å². The Bertz CT molecular complexity index is 346. The molecule has 96 valence electrons. The second-order valence-corrected chi connectivity index (χ2v) is 4.96. The highest BCUT2D eigenvalue weighted by Crippen LogP contribution is 2.28. The summed E-state index contributed by atoms with van der Waals surface area (Å²) in [7, 11) is 1.77. The number of methoxy groups -OCH3 is 1. The van der Waals surface area contributed by atoms with Crippen LogP contribution in [0.1, 0.15) is 49.4 Å². The molecule has 0 radical (unpaired) electrons. The number of hydrogen-bond donors (Lipinski definition) is 1. The van der Waals surface area contributed by atoms with Crippen molar-refractivity contribution in [2.75, 3.05) is 13.7 Å². The van der Waals surface area contributed by atoms with E-state index in [2.05, 4.69) is 16.8 Å². The van der Waals surface area contributed by atoms with Crippen LogP contribution >= 0.6 is 0 Å². The Morgan fingerprint density at radius 2 is 2.29 bits per heavy atom. The topological polar surface area (TPSA) is 40.2 Å². The van der Waals surface area contributed by atoms with Gasteiger partial charge < -0.3 is 15.0 Å². The van der Waals surface area contributed by atoms with E-state index in [0.717, 1.165) is 19.6 Å². The zero-order valence-electron chi connectivity index (χ0n) is 10.8. The molecule has 2 N–H and O–H groups in total. The molecule has 1 aromatic heterocycles. The van der Waals surface area contributed by atoms with Crippen LogP contribution in [-0.4, -0.2) is 18.3 Å². The van der Waals surface area contributed by atoms with Crippen molar-refractivity contribution in [1.82, 2.24) is 4.57 Å². The maximum Gasteiger partial charge on any atom is 0.0462 e. The fraction of sp³-hybridized carbons (Fsp3) is 0.714. The standard InChI is InChI=1S/C14H24N2O/c1-17-11-4-2-3-9-16-10-8-12-13(15)6-5-7-14(12)16/h8,10,13H,2-7,9,11,15H2,1H3. The van der Waals surface area contributed by atoms with Gasteiger partial charge in [0, 0.05) is 38.2 Å². The fourth-order valence-electron chi connectivity index (χ4n) is 2.71. The molecule has 1 heterocycles. The number of rotatable bonds is 6. The monoisotopic (exact) mass is 236 g/mol. The van der Waals surface area contributed by atoms with Crippen molar-refractivity contribution in [2.24, 2.45) is 5.73 Å². The van der Waals surface area contributed by atoms with E-state index in [1.807, 2.05) is 0 Å². The Morgan fingerprint density at radius 1 is 1.41 bits per heavy atom. The van der Waals surface area contributed by atoms with Gasteiger partial charge in [-0.15, -0.1) is 0 Å². The van der Waals surface area contributed by atoms with Crippen LogP contribution in [0.15, 0.2) is 12.3 Å². The van der Waals surface area contributed by atoms with Crippen molar-refractivity contribution in [3.8, 4) is 0 Å². The number of unbranched alkanes of at least 4 members (excludes halogenated alkanes) is 2. The van der Waals surface area contributed by atoms with Gasteiger partial charge in [-0.3, -0.25) is 0 Å². The predicted octanol–water partition coefficient (Wildman–Crippen LogP) is 2.64. The van der Waals surface area contributed by atoms with Gasteiger partial charge in [-0.1, -0.05) is 0 Å². The quantitative estimate of drug-likeness (QED) is 0.771. The molecule has 0 amide bonds. The average Bonchev–Trinajstić information content (AvgIpc) is 2.74. The molecule has 0 bridgehead atoms. The van der Waals surface area contributed by atoms with E-state index in [1.54, 1.807) is 7.11 Å². The van der Waals surface area contributed by atoms with E-state index in [1.165, 1.54) is 43.4 Å². The van der Waals surface area contributed by atoms with Crippen LogP contribution in [0.3, 0.4) is 0 Å². The van der Waals surface area contributed by atoms with Gasteiger partial charge in [0.25, 0.3) is 0 Å². The summed E-state index contributed by atoms with van der Waals surface area (Å²) >= 11 is 0. The Morgan fingerprint density at radius 3 is 3.12 bits per heavy atom. The molecule has 0 aliphatic heterocycles. The van der Waals surface area contributed by atoms with E-state index >= 15 is 0 Å². The Hall–Kier alpha value is -0.800. The smallest absolute Gasteiger partial charge is 0.0462 e. The third kappa shape index (κ3) is 3.11. The molecule has 0 saturated carbocycles. The minimum atomic E-state index is 0.272. The zero-order chi connectivity index (χ0) is 12.1. The van der Waals surface area contributed by atoms with Crippen molar-refractivity contribution >= 4 is 0 Å². The maximum absolute atomic E-state index is 6.12. The molecule has 0 saturated heterocycles. The minimum absolute atomic E-state index is 0.272. The lowest BCUT2D eigenvalue weighted by molar-refractivity contribution is 0.191. The molecule has 1 aliphatic carbocycles. The van der Waals surface area contributed by atoms with Gasteiger partial charge in [-0.25, -0.2) is 0 Å². The Kier molecular flexibility index (Phi) is 4.63. The van der Waals surface area contributed by atoms with Crippen LogP contribution in [0.4, 0.5) is 0 Å². The van der Waals surface area contributed by atoms with Gasteiger partial charge in [-0.05, 0) is 50.2 Å². The number of fused-ring (bicyclic) bond motifs is 1. The zero-order valence-corrected chi connectivity index (χ0v) is 10.8. The maximum atomic E-state index is 6.12. The van der Waals surface area contributed by atoms with Crippen LogP contribution in [0.25, 0.3) is 0 Å². The summed E-state index contributed by atoms with van der Waals surface area (Å²) in [5, 5.41) is 0. The SMILES string of the molecule is COCCCCCn1ccc2c1CCCC2N. The number of nitrogens with two attached hydrogens (primary N) is 1. The van der Waals surface area contributed by atoms with Crippen molar-refractivity contribution in [2.45, 2.75) is 51.1 Å². The lowest BCUT2D eigenvalue weighted by Gasteiger charge is -2.21. The highest BCUT2D eigenvalue weighted by atomic mass is 16.5. The van der Waals surface area contributed by atoms with Crippen LogP contribution < -0.4 is 5.73 Å². The van der Waals surface area contributed by atoms with Gasteiger partial charge in [0.2, 0.25) is 0 Å². The first kappa shape index (κ1) is 12.7. The Balaban J connectivity index is 1.85. The molecular weight excluding hydrogens is 212 g/mol. The summed E-state index contributed by atoms with van der Waals surface area (Å²) in [5.41, 5.74) is 8.99. The van der Waals surface area contributed by atoms with E-state index in [-0.39, 0.29) is 6.04 Å². The molecule has 1 aliphatic rings. The van der Waals surface area contributed by atoms with Gasteiger partial charge in [0.05, 0.1) is 0 Å². The number of hydrogen-bond acceptors (Lipinski definition) is 2. The predicted molar refractivity (Wildman–Crippen MR) is 70.0 cm³/mol. The van der Waals surface area contributed by atoms with E-state index in [4.69, 9.17) is 10.5 Å². The third-order valence-corrected chi connectivity index (χ3v) is 3.69. The molecule has 1 aromatic rings. The summed E-state index contributed by atoms with van der Waals surface area (Å²) < 4.78 is 7.46. The van der Waals surface area contributed by atoms with Crippen molar-refractivity contribution in [3.05, 3.63) is 23.5 Å².